The first-order chi connectivity index (χ1) is 14.0. The second-order valence-corrected chi connectivity index (χ2v) is 8.11. The third-order valence-corrected chi connectivity index (χ3v) is 5.89. The second kappa shape index (κ2) is 8.07. The van der Waals surface area contributed by atoms with Crippen molar-refractivity contribution >= 4 is 5.91 Å². The van der Waals surface area contributed by atoms with Crippen LogP contribution in [0.4, 0.5) is 0 Å². The van der Waals surface area contributed by atoms with Crippen LogP contribution in [0.1, 0.15) is 42.1 Å². The summed E-state index contributed by atoms with van der Waals surface area (Å²) in [6.45, 7) is 4.73. The Balaban J connectivity index is 1.29. The summed E-state index contributed by atoms with van der Waals surface area (Å²) in [5.41, 5.74) is 1.50. The molecule has 0 spiro atoms. The van der Waals surface area contributed by atoms with Gasteiger partial charge in [-0.15, -0.1) is 0 Å². The Morgan fingerprint density at radius 3 is 2.79 bits per heavy atom. The fraction of sp³-hybridized carbons (Fsp3) is 0.348. The van der Waals surface area contributed by atoms with E-state index in [9.17, 15) is 4.79 Å². The molecule has 1 aliphatic carbocycles. The van der Waals surface area contributed by atoms with Crippen LogP contribution in [0.25, 0.3) is 0 Å². The number of nitrogens with zero attached hydrogens (tertiary/aromatic N) is 2. The maximum atomic E-state index is 12.4. The van der Waals surface area contributed by atoms with Crippen LogP contribution in [0.2, 0.25) is 0 Å². The van der Waals surface area contributed by atoms with Crippen molar-refractivity contribution in [3.8, 4) is 5.75 Å². The Kier molecular flexibility index (Phi) is 5.34. The Bertz CT molecular complexity index is 954. The van der Waals surface area contributed by atoms with Gasteiger partial charge in [0.2, 0.25) is 0 Å². The third kappa shape index (κ3) is 4.31. The van der Waals surface area contributed by atoms with Crippen molar-refractivity contribution in [2.45, 2.75) is 39.3 Å². The van der Waals surface area contributed by atoms with Gasteiger partial charge in [0.1, 0.15) is 12.4 Å². The smallest absolute Gasteiger partial charge is 0.253 e. The number of nitrogens with one attached hydrogen (secondary N) is 1. The van der Waals surface area contributed by atoms with Gasteiger partial charge >= 0.3 is 0 Å². The van der Waals surface area contributed by atoms with Gasteiger partial charge in [0.15, 0.2) is 5.76 Å². The Labute approximate surface area is 170 Å². The molecule has 1 aliphatic rings. The first-order valence-electron chi connectivity index (χ1n) is 9.85. The number of amides is 1. The van der Waals surface area contributed by atoms with Gasteiger partial charge in [0, 0.05) is 24.5 Å². The quantitative estimate of drug-likeness (QED) is 0.658. The number of hydrogen-bond donors (Lipinski definition) is 1. The van der Waals surface area contributed by atoms with Gasteiger partial charge in [-0.2, -0.15) is 0 Å². The zero-order chi connectivity index (χ0) is 20.3. The van der Waals surface area contributed by atoms with Gasteiger partial charge < -0.3 is 14.6 Å². The number of aromatic nitrogens is 2. The van der Waals surface area contributed by atoms with E-state index in [4.69, 9.17) is 9.26 Å². The molecule has 1 fully saturated rings. The lowest BCUT2D eigenvalue weighted by Crippen LogP contribution is -2.58. The highest BCUT2D eigenvalue weighted by atomic mass is 16.5. The summed E-state index contributed by atoms with van der Waals surface area (Å²) in [4.78, 5) is 16.4. The lowest BCUT2D eigenvalue weighted by atomic mass is 9.57. The third-order valence-electron chi connectivity index (χ3n) is 5.89. The molecule has 150 valence electrons. The standard InChI is InChI=1S/C23H25N3O3/c1-23(2)17(12-21(23)25-22(27)16-7-6-10-24-14-16)11-18-13-20(29-26-18)15-28-19-8-4-3-5-9-19/h3-10,13-14,17,21H,11-12,15H2,1-2H3,(H,25,27)/t17-,21+/m1/s1. The van der Waals surface area contributed by atoms with E-state index in [0.29, 0.717) is 23.8 Å². The van der Waals surface area contributed by atoms with Crippen molar-refractivity contribution in [3.63, 3.8) is 0 Å². The molecule has 4 rings (SSSR count). The SMILES string of the molecule is CC1(C)[C@H](Cc2cc(COc3ccccc3)on2)C[C@@H]1NC(=O)c1cccnc1. The van der Waals surface area contributed by atoms with E-state index in [1.165, 1.54) is 0 Å². The van der Waals surface area contributed by atoms with Crippen LogP contribution >= 0.6 is 0 Å². The molecule has 2 heterocycles. The van der Waals surface area contributed by atoms with E-state index in [0.717, 1.165) is 24.3 Å². The van der Waals surface area contributed by atoms with Crippen LogP contribution in [0.5, 0.6) is 5.75 Å². The van der Waals surface area contributed by atoms with E-state index in [1.807, 2.05) is 36.4 Å². The molecule has 1 N–H and O–H groups in total. The Morgan fingerprint density at radius 1 is 1.24 bits per heavy atom. The highest BCUT2D eigenvalue weighted by molar-refractivity contribution is 5.94. The van der Waals surface area contributed by atoms with Gasteiger partial charge in [-0.3, -0.25) is 9.78 Å². The summed E-state index contributed by atoms with van der Waals surface area (Å²) < 4.78 is 11.1. The average molecular weight is 391 g/mol. The number of ether oxygens (including phenoxy) is 1. The van der Waals surface area contributed by atoms with E-state index in [1.54, 1.807) is 24.5 Å². The molecule has 6 nitrogen and oxygen atoms in total. The molecule has 6 heteroatoms. The van der Waals surface area contributed by atoms with Crippen LogP contribution in [0, 0.1) is 11.3 Å². The van der Waals surface area contributed by atoms with Crippen molar-refractivity contribution in [1.82, 2.24) is 15.5 Å². The molecular formula is C23H25N3O3. The zero-order valence-electron chi connectivity index (χ0n) is 16.7. The van der Waals surface area contributed by atoms with Crippen molar-refractivity contribution in [2.24, 2.45) is 11.3 Å². The van der Waals surface area contributed by atoms with Gasteiger partial charge in [0.25, 0.3) is 5.91 Å². The molecule has 0 saturated heterocycles. The van der Waals surface area contributed by atoms with Crippen molar-refractivity contribution in [3.05, 3.63) is 77.9 Å². The maximum absolute atomic E-state index is 12.4. The molecule has 0 aliphatic heterocycles. The topological polar surface area (TPSA) is 77.3 Å². The Morgan fingerprint density at radius 2 is 2.07 bits per heavy atom. The molecule has 1 saturated carbocycles. The molecule has 0 bridgehead atoms. The van der Waals surface area contributed by atoms with E-state index < -0.39 is 0 Å². The molecule has 2 atom stereocenters. The zero-order valence-corrected chi connectivity index (χ0v) is 16.7. The van der Waals surface area contributed by atoms with Crippen LogP contribution < -0.4 is 10.1 Å². The predicted molar refractivity (Wildman–Crippen MR) is 108 cm³/mol. The van der Waals surface area contributed by atoms with Gasteiger partial charge in [-0.1, -0.05) is 37.2 Å². The van der Waals surface area contributed by atoms with Crippen LogP contribution in [-0.4, -0.2) is 22.1 Å². The van der Waals surface area contributed by atoms with Crippen molar-refractivity contribution < 1.29 is 14.1 Å². The lowest BCUT2D eigenvalue weighted by Gasteiger charge is -2.52. The molecule has 2 aromatic heterocycles. The minimum Gasteiger partial charge on any atom is -0.486 e. The molecule has 3 aromatic rings. The molecule has 1 amide bonds. The summed E-state index contributed by atoms with van der Waals surface area (Å²) in [5.74, 6) is 1.87. The summed E-state index contributed by atoms with van der Waals surface area (Å²) in [6, 6.07) is 15.3. The number of pyridine rings is 1. The first kappa shape index (κ1) is 19.2. The average Bonchev–Trinajstić information content (AvgIpc) is 3.20. The van der Waals surface area contributed by atoms with Crippen LogP contribution in [-0.2, 0) is 13.0 Å². The minimum atomic E-state index is -0.0728. The van der Waals surface area contributed by atoms with Crippen molar-refractivity contribution in [2.75, 3.05) is 0 Å². The van der Waals surface area contributed by atoms with Crippen LogP contribution in [0.3, 0.4) is 0 Å². The summed E-state index contributed by atoms with van der Waals surface area (Å²) >= 11 is 0. The fourth-order valence-corrected chi connectivity index (χ4v) is 3.79. The summed E-state index contributed by atoms with van der Waals surface area (Å²) in [7, 11) is 0. The lowest BCUT2D eigenvalue weighted by molar-refractivity contribution is 0.0138. The summed E-state index contributed by atoms with van der Waals surface area (Å²) in [6.07, 6.45) is 4.99. The van der Waals surface area contributed by atoms with Crippen molar-refractivity contribution in [1.29, 1.82) is 0 Å². The number of rotatable bonds is 7. The fourth-order valence-electron chi connectivity index (χ4n) is 3.79. The van der Waals surface area contributed by atoms with Gasteiger partial charge in [-0.05, 0) is 48.4 Å². The molecule has 0 unspecified atom stereocenters. The number of para-hydroxylation sites is 1. The number of hydrogen-bond acceptors (Lipinski definition) is 5. The minimum absolute atomic E-state index is 0.0163. The van der Waals surface area contributed by atoms with Crippen LogP contribution in [0.15, 0.2) is 65.4 Å². The normalized spacial score (nSPS) is 19.9. The first-order valence-corrected chi connectivity index (χ1v) is 9.85. The van der Waals surface area contributed by atoms with E-state index in [2.05, 4.69) is 29.3 Å². The molecule has 1 aromatic carbocycles. The monoisotopic (exact) mass is 391 g/mol. The highest BCUT2D eigenvalue weighted by Gasteiger charge is 2.48. The predicted octanol–water partition coefficient (Wildman–Crippen LogP) is 4.04. The van der Waals surface area contributed by atoms with Gasteiger partial charge in [0.05, 0.1) is 11.3 Å². The number of carbonyl (C=O) groups excluding carboxylic acids is 1. The molecule has 29 heavy (non-hydrogen) atoms. The van der Waals surface area contributed by atoms with E-state index >= 15 is 0 Å². The van der Waals surface area contributed by atoms with Gasteiger partial charge in [-0.25, -0.2) is 0 Å². The molecular weight excluding hydrogens is 366 g/mol. The maximum Gasteiger partial charge on any atom is 0.253 e. The largest absolute Gasteiger partial charge is 0.486 e. The Hall–Kier alpha value is -3.15. The number of benzene rings is 1. The highest BCUT2D eigenvalue weighted by Crippen LogP contribution is 2.47. The second-order valence-electron chi connectivity index (χ2n) is 8.11. The number of carbonyl (C=O) groups is 1. The van der Waals surface area contributed by atoms with E-state index in [-0.39, 0.29) is 17.4 Å². The summed E-state index contributed by atoms with van der Waals surface area (Å²) in [5, 5.41) is 7.34. The molecule has 0 radical (unpaired) electrons.